The van der Waals surface area contributed by atoms with Crippen molar-refractivity contribution in [3.05, 3.63) is 0 Å². The minimum absolute atomic E-state index is 0.135. The average Bonchev–Trinajstić information content (AvgIpc) is 2.63. The fourth-order valence-corrected chi connectivity index (χ4v) is 1.69. The SMILES string of the molecule is CC(C)C[C@H]1C[C@]1(C#N)CN. The van der Waals surface area contributed by atoms with E-state index in [4.69, 9.17) is 11.0 Å². The fourth-order valence-electron chi connectivity index (χ4n) is 1.69. The van der Waals surface area contributed by atoms with Crippen LogP contribution in [0.2, 0.25) is 0 Å². The Labute approximate surface area is 68.4 Å². The van der Waals surface area contributed by atoms with Crippen LogP contribution in [0.15, 0.2) is 0 Å². The summed E-state index contributed by atoms with van der Waals surface area (Å²) >= 11 is 0. The minimum atomic E-state index is -0.135. The zero-order chi connectivity index (χ0) is 8.48. The Morgan fingerprint density at radius 3 is 2.64 bits per heavy atom. The number of hydrogen-bond acceptors (Lipinski definition) is 2. The first-order valence-corrected chi connectivity index (χ1v) is 4.26. The van der Waals surface area contributed by atoms with Gasteiger partial charge in [-0.05, 0) is 24.7 Å². The fraction of sp³-hybridized carbons (Fsp3) is 0.889. The van der Waals surface area contributed by atoms with Gasteiger partial charge in [0.25, 0.3) is 0 Å². The van der Waals surface area contributed by atoms with Crippen molar-refractivity contribution in [1.82, 2.24) is 0 Å². The van der Waals surface area contributed by atoms with Crippen LogP contribution in [0.4, 0.5) is 0 Å². The topological polar surface area (TPSA) is 49.8 Å². The van der Waals surface area contributed by atoms with Crippen LogP contribution in [-0.2, 0) is 0 Å². The third-order valence-corrected chi connectivity index (χ3v) is 2.57. The van der Waals surface area contributed by atoms with Gasteiger partial charge >= 0.3 is 0 Å². The minimum Gasteiger partial charge on any atom is -0.329 e. The molecule has 1 rings (SSSR count). The molecule has 2 heteroatoms. The highest BCUT2D eigenvalue weighted by Gasteiger charge is 2.53. The van der Waals surface area contributed by atoms with Crippen LogP contribution in [0.25, 0.3) is 0 Å². The Morgan fingerprint density at radius 1 is 1.73 bits per heavy atom. The number of rotatable bonds is 3. The molecule has 0 bridgehead atoms. The molecule has 1 aliphatic carbocycles. The summed E-state index contributed by atoms with van der Waals surface area (Å²) in [6.07, 6.45) is 2.18. The van der Waals surface area contributed by atoms with Gasteiger partial charge in [-0.3, -0.25) is 0 Å². The zero-order valence-corrected chi connectivity index (χ0v) is 7.30. The Kier molecular flexibility index (Phi) is 2.20. The second-order valence-corrected chi connectivity index (χ2v) is 4.00. The van der Waals surface area contributed by atoms with Crippen LogP contribution >= 0.6 is 0 Å². The van der Waals surface area contributed by atoms with E-state index in [0.29, 0.717) is 18.4 Å². The molecule has 0 heterocycles. The number of nitriles is 1. The summed E-state index contributed by atoms with van der Waals surface area (Å²) < 4.78 is 0. The second kappa shape index (κ2) is 2.83. The van der Waals surface area contributed by atoms with E-state index in [1.54, 1.807) is 0 Å². The van der Waals surface area contributed by atoms with Crippen LogP contribution in [0, 0.1) is 28.6 Å². The highest BCUT2D eigenvalue weighted by molar-refractivity contribution is 5.16. The Morgan fingerprint density at radius 2 is 2.36 bits per heavy atom. The smallest absolute Gasteiger partial charge is 0.0727 e. The number of nitrogens with two attached hydrogens (primary N) is 1. The van der Waals surface area contributed by atoms with Crippen LogP contribution in [0.1, 0.15) is 26.7 Å². The zero-order valence-electron chi connectivity index (χ0n) is 7.30. The van der Waals surface area contributed by atoms with Gasteiger partial charge in [-0.25, -0.2) is 0 Å². The lowest BCUT2D eigenvalue weighted by atomic mass is 9.99. The molecule has 62 valence electrons. The third-order valence-electron chi connectivity index (χ3n) is 2.57. The van der Waals surface area contributed by atoms with Crippen molar-refractivity contribution in [3.63, 3.8) is 0 Å². The largest absolute Gasteiger partial charge is 0.329 e. The maximum atomic E-state index is 8.81. The van der Waals surface area contributed by atoms with Gasteiger partial charge < -0.3 is 5.73 Å². The molecule has 2 nitrogen and oxygen atoms in total. The van der Waals surface area contributed by atoms with Gasteiger partial charge in [-0.2, -0.15) is 5.26 Å². The molecule has 0 radical (unpaired) electrons. The Bertz CT molecular complexity index is 180. The van der Waals surface area contributed by atoms with Gasteiger partial charge in [-0.15, -0.1) is 0 Å². The molecule has 0 aromatic carbocycles. The van der Waals surface area contributed by atoms with Crippen molar-refractivity contribution in [3.8, 4) is 6.07 Å². The summed E-state index contributed by atoms with van der Waals surface area (Å²) in [4.78, 5) is 0. The average molecular weight is 152 g/mol. The predicted octanol–water partition coefficient (Wildman–Crippen LogP) is 1.52. The predicted molar refractivity (Wildman–Crippen MR) is 44.7 cm³/mol. The molecular weight excluding hydrogens is 136 g/mol. The van der Waals surface area contributed by atoms with Crippen LogP contribution < -0.4 is 5.73 Å². The lowest BCUT2D eigenvalue weighted by molar-refractivity contribution is 0.478. The maximum Gasteiger partial charge on any atom is 0.0727 e. The second-order valence-electron chi connectivity index (χ2n) is 4.00. The molecule has 0 aromatic rings. The summed E-state index contributed by atoms with van der Waals surface area (Å²) in [5, 5.41) is 8.81. The summed E-state index contributed by atoms with van der Waals surface area (Å²) in [6, 6.07) is 2.33. The van der Waals surface area contributed by atoms with Crippen LogP contribution in [0.3, 0.4) is 0 Å². The molecule has 0 amide bonds. The summed E-state index contributed by atoms with van der Waals surface area (Å²) in [6.45, 7) is 4.93. The van der Waals surface area contributed by atoms with E-state index in [9.17, 15) is 0 Å². The molecule has 0 unspecified atom stereocenters. The van der Waals surface area contributed by atoms with Gasteiger partial charge in [0.2, 0.25) is 0 Å². The van der Waals surface area contributed by atoms with Crippen LogP contribution in [-0.4, -0.2) is 6.54 Å². The number of nitrogens with zero attached hydrogens (tertiary/aromatic N) is 1. The lowest BCUT2D eigenvalue weighted by Gasteiger charge is -2.06. The van der Waals surface area contributed by atoms with Crippen LogP contribution in [0.5, 0.6) is 0 Å². The molecule has 1 fully saturated rings. The normalized spacial score (nSPS) is 35.4. The van der Waals surface area contributed by atoms with E-state index >= 15 is 0 Å². The van der Waals surface area contributed by atoms with E-state index in [2.05, 4.69) is 19.9 Å². The highest BCUT2D eigenvalue weighted by Crippen LogP contribution is 2.54. The first-order chi connectivity index (χ1) is 5.14. The lowest BCUT2D eigenvalue weighted by Crippen LogP contribution is -2.16. The van der Waals surface area contributed by atoms with E-state index in [-0.39, 0.29) is 5.41 Å². The monoisotopic (exact) mass is 152 g/mol. The quantitative estimate of drug-likeness (QED) is 0.666. The molecular formula is C9H16N2. The molecule has 1 aliphatic rings. The molecule has 2 N–H and O–H groups in total. The van der Waals surface area contributed by atoms with Crippen molar-refractivity contribution < 1.29 is 0 Å². The first-order valence-electron chi connectivity index (χ1n) is 4.26. The Hall–Kier alpha value is -0.550. The molecule has 0 saturated heterocycles. The molecule has 1 saturated carbocycles. The standard InChI is InChI=1S/C9H16N2/c1-7(2)3-8-4-9(8,5-10)6-11/h7-8H,3-5,10H2,1-2H3/t8-,9+/m0/s1. The highest BCUT2D eigenvalue weighted by atomic mass is 14.7. The van der Waals surface area contributed by atoms with Crippen molar-refractivity contribution in [1.29, 1.82) is 5.26 Å². The maximum absolute atomic E-state index is 8.81. The third kappa shape index (κ3) is 1.54. The first kappa shape index (κ1) is 8.55. The summed E-state index contributed by atoms with van der Waals surface area (Å²) in [5.74, 6) is 1.28. The molecule has 2 atom stereocenters. The van der Waals surface area contributed by atoms with Crippen molar-refractivity contribution in [2.75, 3.05) is 6.54 Å². The molecule has 0 aliphatic heterocycles. The van der Waals surface area contributed by atoms with E-state index < -0.39 is 0 Å². The van der Waals surface area contributed by atoms with Gasteiger partial charge in [0.15, 0.2) is 0 Å². The number of hydrogen-bond donors (Lipinski definition) is 1. The van der Waals surface area contributed by atoms with Crippen molar-refractivity contribution >= 4 is 0 Å². The van der Waals surface area contributed by atoms with Gasteiger partial charge in [-0.1, -0.05) is 13.8 Å². The van der Waals surface area contributed by atoms with Crippen molar-refractivity contribution in [2.24, 2.45) is 23.0 Å². The van der Waals surface area contributed by atoms with E-state index in [1.165, 1.54) is 0 Å². The van der Waals surface area contributed by atoms with Gasteiger partial charge in [0.1, 0.15) is 0 Å². The molecule has 11 heavy (non-hydrogen) atoms. The van der Waals surface area contributed by atoms with E-state index in [0.717, 1.165) is 12.8 Å². The van der Waals surface area contributed by atoms with Gasteiger partial charge in [0.05, 0.1) is 11.5 Å². The van der Waals surface area contributed by atoms with Crippen molar-refractivity contribution in [2.45, 2.75) is 26.7 Å². The van der Waals surface area contributed by atoms with Gasteiger partial charge in [0, 0.05) is 6.54 Å². The summed E-state index contributed by atoms with van der Waals surface area (Å²) in [7, 11) is 0. The summed E-state index contributed by atoms with van der Waals surface area (Å²) in [5.41, 5.74) is 5.39. The van der Waals surface area contributed by atoms with E-state index in [1.807, 2.05) is 0 Å². The molecule has 0 spiro atoms. The molecule has 0 aromatic heterocycles. The Balaban J connectivity index is 2.40.